The second-order valence-electron chi connectivity index (χ2n) is 5.78. The van der Waals surface area contributed by atoms with E-state index in [0.29, 0.717) is 11.1 Å². The van der Waals surface area contributed by atoms with E-state index in [1.807, 2.05) is 0 Å². The summed E-state index contributed by atoms with van der Waals surface area (Å²) in [7, 11) is 1.24. The fraction of sp³-hybridized carbons (Fsp3) is 0.143. The Kier molecular flexibility index (Phi) is 5.38. The van der Waals surface area contributed by atoms with Gasteiger partial charge in [-0.1, -0.05) is 60.7 Å². The van der Waals surface area contributed by atoms with Crippen LogP contribution >= 0.6 is 0 Å². The van der Waals surface area contributed by atoms with Crippen LogP contribution in [0.3, 0.4) is 0 Å². The molecular weight excluding hydrogens is 348 g/mol. The minimum atomic E-state index is -1.97. The van der Waals surface area contributed by atoms with E-state index in [4.69, 9.17) is 9.15 Å². The molecule has 0 saturated carbocycles. The molecule has 138 valence electrons. The molecule has 1 aromatic heterocycles. The standard InChI is InChI=1S/C21H18O6/c1-25-19(22)18-13-12-17(27-18)14-26-20(23)21(24,15-8-4-2-5-9-15)16-10-6-3-7-11-16/h2-13,24H,14H2,1H3. The normalized spacial score (nSPS) is 11.0. The van der Waals surface area contributed by atoms with Gasteiger partial charge < -0.3 is 19.0 Å². The highest BCUT2D eigenvalue weighted by molar-refractivity contribution is 5.86. The SMILES string of the molecule is COC(=O)c1ccc(COC(=O)C(O)(c2ccccc2)c2ccccc2)o1. The van der Waals surface area contributed by atoms with Crippen LogP contribution in [0, 0.1) is 0 Å². The van der Waals surface area contributed by atoms with Crippen LogP contribution < -0.4 is 0 Å². The number of carbonyl (C=O) groups excluding carboxylic acids is 2. The molecule has 0 saturated heterocycles. The first-order valence-electron chi connectivity index (χ1n) is 8.23. The van der Waals surface area contributed by atoms with Gasteiger partial charge in [-0.2, -0.15) is 0 Å². The number of hydrogen-bond acceptors (Lipinski definition) is 6. The zero-order valence-corrected chi connectivity index (χ0v) is 14.6. The quantitative estimate of drug-likeness (QED) is 0.675. The predicted molar refractivity (Wildman–Crippen MR) is 95.7 cm³/mol. The summed E-state index contributed by atoms with van der Waals surface area (Å²) in [5.74, 6) is -1.22. The van der Waals surface area contributed by atoms with Crippen LogP contribution in [0.15, 0.2) is 77.2 Å². The summed E-state index contributed by atoms with van der Waals surface area (Å²) < 4.78 is 15.1. The van der Waals surface area contributed by atoms with Crippen molar-refractivity contribution in [3.63, 3.8) is 0 Å². The molecule has 1 N–H and O–H groups in total. The minimum Gasteiger partial charge on any atom is -0.463 e. The number of aliphatic hydroxyl groups is 1. The lowest BCUT2D eigenvalue weighted by Crippen LogP contribution is -2.38. The molecule has 0 aliphatic rings. The molecule has 0 bridgehead atoms. The van der Waals surface area contributed by atoms with Gasteiger partial charge in [0.2, 0.25) is 11.4 Å². The van der Waals surface area contributed by atoms with E-state index in [-0.39, 0.29) is 18.1 Å². The molecule has 0 fully saturated rings. The first-order chi connectivity index (χ1) is 13.1. The molecule has 0 atom stereocenters. The van der Waals surface area contributed by atoms with E-state index < -0.39 is 17.5 Å². The Morgan fingerprint density at radius 1 is 0.926 bits per heavy atom. The molecule has 1 heterocycles. The summed E-state index contributed by atoms with van der Waals surface area (Å²) in [6, 6.07) is 20.0. The fourth-order valence-corrected chi connectivity index (χ4v) is 2.67. The topological polar surface area (TPSA) is 86.0 Å². The van der Waals surface area contributed by atoms with E-state index in [0.717, 1.165) is 0 Å². The summed E-state index contributed by atoms with van der Waals surface area (Å²) in [6.45, 7) is -0.238. The van der Waals surface area contributed by atoms with Gasteiger partial charge in [-0.15, -0.1) is 0 Å². The lowest BCUT2D eigenvalue weighted by Gasteiger charge is -2.26. The number of esters is 2. The van der Waals surface area contributed by atoms with Gasteiger partial charge in [0, 0.05) is 0 Å². The minimum absolute atomic E-state index is 0.00456. The number of furan rings is 1. The van der Waals surface area contributed by atoms with Crippen molar-refractivity contribution >= 4 is 11.9 Å². The van der Waals surface area contributed by atoms with Gasteiger partial charge in [0.15, 0.2) is 0 Å². The molecule has 0 radical (unpaired) electrons. The molecule has 6 nitrogen and oxygen atoms in total. The molecule has 3 aromatic rings. The second-order valence-corrected chi connectivity index (χ2v) is 5.78. The van der Waals surface area contributed by atoms with Gasteiger partial charge in [-0.3, -0.25) is 0 Å². The second kappa shape index (κ2) is 7.88. The van der Waals surface area contributed by atoms with Crippen LogP contribution in [0.1, 0.15) is 27.4 Å². The van der Waals surface area contributed by atoms with E-state index in [9.17, 15) is 14.7 Å². The van der Waals surface area contributed by atoms with Crippen molar-refractivity contribution in [1.82, 2.24) is 0 Å². The molecule has 27 heavy (non-hydrogen) atoms. The largest absolute Gasteiger partial charge is 0.463 e. The average Bonchev–Trinajstić information content (AvgIpc) is 3.21. The van der Waals surface area contributed by atoms with Gasteiger partial charge in [0.05, 0.1) is 7.11 Å². The molecular formula is C21H18O6. The number of rotatable bonds is 6. The molecule has 2 aromatic carbocycles. The zero-order valence-electron chi connectivity index (χ0n) is 14.6. The lowest BCUT2D eigenvalue weighted by molar-refractivity contribution is -0.164. The van der Waals surface area contributed by atoms with E-state index in [1.165, 1.54) is 19.2 Å². The first kappa shape index (κ1) is 18.4. The Labute approximate surface area is 156 Å². The molecule has 0 aliphatic heterocycles. The monoisotopic (exact) mass is 366 g/mol. The highest BCUT2D eigenvalue weighted by Gasteiger charge is 2.41. The van der Waals surface area contributed by atoms with Gasteiger partial charge in [-0.05, 0) is 23.3 Å². The summed E-state index contributed by atoms with van der Waals surface area (Å²) >= 11 is 0. The van der Waals surface area contributed by atoms with Crippen LogP contribution in [0.5, 0.6) is 0 Å². The Morgan fingerprint density at radius 3 is 2.00 bits per heavy atom. The van der Waals surface area contributed by atoms with E-state index >= 15 is 0 Å². The Morgan fingerprint density at radius 2 is 1.48 bits per heavy atom. The Bertz CT molecular complexity index is 875. The Hall–Kier alpha value is -3.38. The van der Waals surface area contributed by atoms with Crippen LogP contribution in [-0.4, -0.2) is 24.2 Å². The van der Waals surface area contributed by atoms with Crippen LogP contribution in [0.25, 0.3) is 0 Å². The van der Waals surface area contributed by atoms with E-state index in [2.05, 4.69) is 4.74 Å². The van der Waals surface area contributed by atoms with Crippen molar-refractivity contribution < 1.29 is 28.6 Å². The van der Waals surface area contributed by atoms with Gasteiger partial charge in [0.1, 0.15) is 12.4 Å². The fourth-order valence-electron chi connectivity index (χ4n) is 2.67. The van der Waals surface area contributed by atoms with Crippen LogP contribution in [0.2, 0.25) is 0 Å². The number of benzene rings is 2. The van der Waals surface area contributed by atoms with Gasteiger partial charge in [-0.25, -0.2) is 9.59 Å². The smallest absolute Gasteiger partial charge is 0.373 e. The van der Waals surface area contributed by atoms with Crippen LogP contribution in [-0.2, 0) is 26.5 Å². The molecule has 0 aliphatic carbocycles. The van der Waals surface area contributed by atoms with Gasteiger partial charge >= 0.3 is 11.9 Å². The molecule has 0 spiro atoms. The highest BCUT2D eigenvalue weighted by Crippen LogP contribution is 2.31. The molecule has 6 heteroatoms. The summed E-state index contributed by atoms with van der Waals surface area (Å²) in [4.78, 5) is 24.3. The maximum Gasteiger partial charge on any atom is 0.373 e. The molecule has 3 rings (SSSR count). The van der Waals surface area contributed by atoms with Crippen molar-refractivity contribution in [3.05, 3.63) is 95.4 Å². The van der Waals surface area contributed by atoms with Crippen molar-refractivity contribution in [2.24, 2.45) is 0 Å². The summed E-state index contributed by atoms with van der Waals surface area (Å²) in [6.07, 6.45) is 0. The number of methoxy groups -OCH3 is 1. The first-order valence-corrected chi connectivity index (χ1v) is 8.23. The maximum atomic E-state index is 12.8. The Balaban J connectivity index is 1.84. The average molecular weight is 366 g/mol. The van der Waals surface area contributed by atoms with Crippen molar-refractivity contribution in [3.8, 4) is 0 Å². The lowest BCUT2D eigenvalue weighted by atomic mass is 9.86. The van der Waals surface area contributed by atoms with Crippen molar-refractivity contribution in [2.75, 3.05) is 7.11 Å². The summed E-state index contributed by atoms with van der Waals surface area (Å²) in [5, 5.41) is 11.3. The van der Waals surface area contributed by atoms with Gasteiger partial charge in [0.25, 0.3) is 0 Å². The van der Waals surface area contributed by atoms with E-state index in [1.54, 1.807) is 60.7 Å². The molecule has 0 unspecified atom stereocenters. The molecule has 0 amide bonds. The van der Waals surface area contributed by atoms with Crippen molar-refractivity contribution in [2.45, 2.75) is 12.2 Å². The predicted octanol–water partition coefficient (Wildman–Crippen LogP) is 3.05. The third kappa shape index (κ3) is 3.75. The third-order valence-electron chi connectivity index (χ3n) is 4.07. The number of ether oxygens (including phenoxy) is 2. The van der Waals surface area contributed by atoms with Crippen LogP contribution in [0.4, 0.5) is 0 Å². The summed E-state index contributed by atoms with van der Waals surface area (Å²) in [5.41, 5.74) is -1.20. The number of hydrogen-bond donors (Lipinski definition) is 1. The zero-order chi connectivity index (χ0) is 19.3. The number of carbonyl (C=O) groups is 2. The maximum absolute atomic E-state index is 12.8. The third-order valence-corrected chi connectivity index (χ3v) is 4.07. The van der Waals surface area contributed by atoms with Crippen molar-refractivity contribution in [1.29, 1.82) is 0 Å². The highest BCUT2D eigenvalue weighted by atomic mass is 16.6.